The highest BCUT2D eigenvalue weighted by Gasteiger charge is 2.46. The van der Waals surface area contributed by atoms with Gasteiger partial charge in [0.25, 0.3) is 0 Å². The van der Waals surface area contributed by atoms with Crippen molar-refractivity contribution in [3.8, 4) is 5.69 Å². The van der Waals surface area contributed by atoms with Crippen LogP contribution in [0.15, 0.2) is 59.8 Å². The van der Waals surface area contributed by atoms with E-state index in [4.69, 9.17) is 0 Å². The molecule has 0 unspecified atom stereocenters. The Balaban J connectivity index is 1.34. The van der Waals surface area contributed by atoms with Crippen molar-refractivity contribution < 1.29 is 31.5 Å². The van der Waals surface area contributed by atoms with Gasteiger partial charge in [-0.2, -0.15) is 22.6 Å². The van der Waals surface area contributed by atoms with E-state index in [1.54, 1.807) is 46.9 Å². The highest BCUT2D eigenvalue weighted by atomic mass is 32.2. The van der Waals surface area contributed by atoms with E-state index in [1.165, 1.54) is 16.6 Å². The third-order valence-electron chi connectivity index (χ3n) is 8.64. The summed E-state index contributed by atoms with van der Waals surface area (Å²) < 4.78 is 73.2. The van der Waals surface area contributed by atoms with Crippen LogP contribution >= 0.6 is 0 Å². The molecule has 238 valence electrons. The van der Waals surface area contributed by atoms with Crippen molar-refractivity contribution in [1.82, 2.24) is 29.1 Å². The number of aryl methyl sites for hydroxylation is 1. The van der Waals surface area contributed by atoms with Crippen LogP contribution in [0.5, 0.6) is 0 Å². The zero-order chi connectivity index (χ0) is 32.1. The predicted octanol–water partition coefficient (Wildman–Crippen LogP) is 5.54. The molecule has 45 heavy (non-hydrogen) atoms. The first-order chi connectivity index (χ1) is 21.4. The van der Waals surface area contributed by atoms with E-state index in [0.29, 0.717) is 35.3 Å². The summed E-state index contributed by atoms with van der Waals surface area (Å²) in [5, 5.41) is 22.5. The van der Waals surface area contributed by atoms with E-state index in [1.807, 2.05) is 6.92 Å². The van der Waals surface area contributed by atoms with Crippen LogP contribution in [-0.2, 0) is 36.2 Å². The van der Waals surface area contributed by atoms with E-state index in [2.05, 4.69) is 15.4 Å². The molecule has 1 fully saturated rings. The van der Waals surface area contributed by atoms with Gasteiger partial charge in [0, 0.05) is 38.2 Å². The van der Waals surface area contributed by atoms with Crippen LogP contribution in [0.1, 0.15) is 82.9 Å². The van der Waals surface area contributed by atoms with Gasteiger partial charge in [0.2, 0.25) is 10.0 Å². The second-order valence-corrected chi connectivity index (χ2v) is 13.8. The van der Waals surface area contributed by atoms with Gasteiger partial charge in [-0.25, -0.2) is 17.9 Å². The maximum atomic E-state index is 13.9. The van der Waals surface area contributed by atoms with Gasteiger partial charge in [0.15, 0.2) is 0 Å². The van der Waals surface area contributed by atoms with Crippen molar-refractivity contribution in [3.63, 3.8) is 0 Å². The Labute approximate surface area is 258 Å². The Morgan fingerprint density at radius 1 is 1.13 bits per heavy atom. The minimum atomic E-state index is -4.68. The number of rotatable bonds is 9. The molecular weight excluding hydrogens is 609 g/mol. The number of nitrogens with zero attached hydrogens (tertiary/aromatic N) is 6. The first-order valence-electron chi connectivity index (χ1n) is 14.8. The number of alkyl halides is 3. The molecule has 3 atom stereocenters. The smallest absolute Gasteiger partial charge is 0.416 e. The van der Waals surface area contributed by atoms with Gasteiger partial charge in [-0.1, -0.05) is 43.2 Å². The van der Waals surface area contributed by atoms with Crippen LogP contribution in [0, 0.1) is 5.92 Å². The van der Waals surface area contributed by atoms with Gasteiger partial charge >= 0.3 is 12.1 Å². The summed E-state index contributed by atoms with van der Waals surface area (Å²) in [5.41, 5.74) is 1.89. The van der Waals surface area contributed by atoms with Gasteiger partial charge in [0.1, 0.15) is 5.56 Å². The van der Waals surface area contributed by atoms with Gasteiger partial charge in [0.05, 0.1) is 33.7 Å². The molecule has 1 aliphatic carbocycles. The van der Waals surface area contributed by atoms with Crippen molar-refractivity contribution in [2.24, 2.45) is 13.0 Å². The molecule has 1 aliphatic heterocycles. The van der Waals surface area contributed by atoms with E-state index in [9.17, 15) is 31.5 Å². The number of aromatic carboxylic acids is 1. The molecule has 6 rings (SSSR count). The molecule has 14 heteroatoms. The highest BCUT2D eigenvalue weighted by Crippen LogP contribution is 2.55. The van der Waals surface area contributed by atoms with Crippen LogP contribution in [0.25, 0.3) is 5.69 Å². The molecular formula is C31H33F3N6O4S. The highest BCUT2D eigenvalue weighted by molar-refractivity contribution is 7.89. The van der Waals surface area contributed by atoms with Crippen molar-refractivity contribution in [3.05, 3.63) is 88.5 Å². The number of carboxylic acids is 1. The van der Waals surface area contributed by atoms with Crippen LogP contribution in [0.3, 0.4) is 0 Å². The monoisotopic (exact) mass is 642 g/mol. The van der Waals surface area contributed by atoms with E-state index < -0.39 is 27.7 Å². The molecule has 2 aromatic carbocycles. The number of hydrogen-bond donors (Lipinski definition) is 1. The van der Waals surface area contributed by atoms with E-state index in [-0.39, 0.29) is 41.3 Å². The quantitative estimate of drug-likeness (QED) is 0.254. The molecule has 3 heterocycles. The maximum Gasteiger partial charge on any atom is 0.416 e. The number of halogens is 3. The molecule has 0 amide bonds. The topological polar surface area (TPSA) is 123 Å². The Bertz CT molecular complexity index is 1850. The van der Waals surface area contributed by atoms with Crippen LogP contribution in [0.4, 0.5) is 13.2 Å². The summed E-state index contributed by atoms with van der Waals surface area (Å²) in [6.45, 7) is 2.14. The summed E-state index contributed by atoms with van der Waals surface area (Å²) >= 11 is 0. The fourth-order valence-electron chi connectivity index (χ4n) is 6.31. The normalized spacial score (nSPS) is 21.3. The number of hydrogen-bond acceptors (Lipinski definition) is 6. The lowest BCUT2D eigenvalue weighted by molar-refractivity contribution is -0.137. The number of aromatic nitrogens is 5. The predicted molar refractivity (Wildman–Crippen MR) is 157 cm³/mol. The summed E-state index contributed by atoms with van der Waals surface area (Å²) in [5.74, 6) is -1.34. The molecule has 1 N–H and O–H groups in total. The standard InChI is InChI=1S/C31H33F3N6O4S/c1-3-4-6-19-11-21-9-10-22(31(32,33)34)13-28(21)45(43,44)39(16-19)17-20-7-5-8-23(12-20)40-29(26(15-35-40)30(41)42)25-14-24(25)27-18-38(2)37-36-27/h5,7-10,12-13,15,18-19,24-25H,3-4,6,11,14,16-17H2,1-2H3,(H,41,42)/t19-,24+,25+/m0/s1. The fourth-order valence-corrected chi connectivity index (χ4v) is 8.07. The number of fused-ring (bicyclic) bond motifs is 1. The second-order valence-electron chi connectivity index (χ2n) is 11.9. The van der Waals surface area contributed by atoms with Crippen molar-refractivity contribution in [1.29, 1.82) is 0 Å². The Morgan fingerprint density at radius 2 is 1.93 bits per heavy atom. The van der Waals surface area contributed by atoms with E-state index in [0.717, 1.165) is 37.1 Å². The number of unbranched alkanes of at least 4 members (excludes halogenated alkanes) is 1. The van der Waals surface area contributed by atoms with Crippen molar-refractivity contribution in [2.75, 3.05) is 6.54 Å². The lowest BCUT2D eigenvalue weighted by Crippen LogP contribution is -2.33. The van der Waals surface area contributed by atoms with E-state index >= 15 is 0 Å². The first kappa shape index (κ1) is 31.0. The number of carbonyl (C=O) groups is 1. The van der Waals surface area contributed by atoms with Crippen LogP contribution in [-0.4, -0.2) is 55.1 Å². The van der Waals surface area contributed by atoms with Crippen LogP contribution < -0.4 is 0 Å². The zero-order valence-electron chi connectivity index (χ0n) is 24.8. The summed E-state index contributed by atoms with van der Waals surface area (Å²) in [6, 6.07) is 9.99. The molecule has 0 bridgehead atoms. The molecule has 0 saturated heterocycles. The largest absolute Gasteiger partial charge is 0.478 e. The molecule has 2 aliphatic rings. The average Bonchev–Trinajstić information content (AvgIpc) is 3.46. The molecule has 4 aromatic rings. The molecule has 0 radical (unpaired) electrons. The molecule has 0 spiro atoms. The van der Waals surface area contributed by atoms with Crippen molar-refractivity contribution >= 4 is 16.0 Å². The lowest BCUT2D eigenvalue weighted by atomic mass is 9.93. The first-order valence-corrected chi connectivity index (χ1v) is 16.3. The zero-order valence-corrected chi connectivity index (χ0v) is 25.6. The lowest BCUT2D eigenvalue weighted by Gasteiger charge is -2.24. The average molecular weight is 643 g/mol. The number of carboxylic acid groups (broad SMARTS) is 1. The summed E-state index contributed by atoms with van der Waals surface area (Å²) in [4.78, 5) is 11.8. The van der Waals surface area contributed by atoms with Gasteiger partial charge in [-0.15, -0.1) is 5.10 Å². The van der Waals surface area contributed by atoms with Crippen LogP contribution in [0.2, 0.25) is 0 Å². The van der Waals surface area contributed by atoms with Crippen molar-refractivity contribution in [2.45, 2.75) is 68.5 Å². The third kappa shape index (κ3) is 6.12. The van der Waals surface area contributed by atoms with Gasteiger partial charge in [-0.05, 0) is 60.6 Å². The number of benzene rings is 2. The minimum Gasteiger partial charge on any atom is -0.478 e. The number of sulfonamides is 1. The summed E-state index contributed by atoms with van der Waals surface area (Å²) in [7, 11) is -2.51. The SMILES string of the molecule is CCCC[C@H]1Cc2ccc(C(F)(F)F)cc2S(=O)(=O)N(Cc2cccc(-n3ncc(C(=O)O)c3[C@@H]3C[C@H]3c3cn(C)nn3)c2)C1. The summed E-state index contributed by atoms with van der Waals surface area (Å²) in [6.07, 6.45) is 2.00. The Kier molecular flexibility index (Phi) is 8.06. The second kappa shape index (κ2) is 11.7. The molecule has 1 saturated carbocycles. The minimum absolute atomic E-state index is 0.0145. The fraction of sp³-hybridized carbons (Fsp3) is 0.419. The molecule has 2 aromatic heterocycles. The maximum absolute atomic E-state index is 13.9. The van der Waals surface area contributed by atoms with Gasteiger partial charge in [-0.3, -0.25) is 4.68 Å². The Morgan fingerprint density at radius 3 is 2.62 bits per heavy atom. The van der Waals surface area contributed by atoms with Gasteiger partial charge < -0.3 is 5.11 Å². The Hall–Kier alpha value is -4.04. The third-order valence-corrected chi connectivity index (χ3v) is 10.5. The molecule has 10 nitrogen and oxygen atoms in total.